The van der Waals surface area contributed by atoms with Gasteiger partial charge in [0.25, 0.3) is 0 Å². The Morgan fingerprint density at radius 2 is 2.10 bits per heavy atom. The molecular formula is C16H22FN3. The Morgan fingerprint density at radius 3 is 2.80 bits per heavy atom. The molecule has 1 heterocycles. The van der Waals surface area contributed by atoms with Crippen LogP contribution in [0.4, 0.5) is 4.39 Å². The fraction of sp³-hybridized carbons (Fsp3) is 0.438. The average molecular weight is 275 g/mol. The molecule has 0 aliphatic rings. The van der Waals surface area contributed by atoms with E-state index in [1.54, 1.807) is 6.07 Å². The Hall–Kier alpha value is -1.68. The minimum absolute atomic E-state index is 0.0444. The lowest BCUT2D eigenvalue weighted by Gasteiger charge is -2.11. The molecule has 2 rings (SSSR count). The second-order valence-electron chi connectivity index (χ2n) is 5.34. The van der Waals surface area contributed by atoms with Gasteiger partial charge in [-0.1, -0.05) is 19.1 Å². The minimum Gasteiger partial charge on any atom is -0.327 e. The van der Waals surface area contributed by atoms with E-state index in [1.807, 2.05) is 23.0 Å². The van der Waals surface area contributed by atoms with Gasteiger partial charge in [0.05, 0.1) is 5.69 Å². The van der Waals surface area contributed by atoms with E-state index in [2.05, 4.69) is 18.9 Å². The first-order valence-electron chi connectivity index (χ1n) is 7.12. The number of hydrogen-bond donors (Lipinski definition) is 1. The van der Waals surface area contributed by atoms with Gasteiger partial charge >= 0.3 is 0 Å². The summed E-state index contributed by atoms with van der Waals surface area (Å²) >= 11 is 0. The van der Waals surface area contributed by atoms with Crippen molar-refractivity contribution in [2.45, 2.75) is 45.2 Å². The summed E-state index contributed by atoms with van der Waals surface area (Å²) in [6.07, 6.45) is 4.42. The van der Waals surface area contributed by atoms with Crippen molar-refractivity contribution in [3.8, 4) is 0 Å². The van der Waals surface area contributed by atoms with Gasteiger partial charge in [0.2, 0.25) is 0 Å². The van der Waals surface area contributed by atoms with Gasteiger partial charge in [-0.25, -0.2) is 4.39 Å². The molecule has 0 aliphatic heterocycles. The van der Waals surface area contributed by atoms with Crippen LogP contribution in [0.25, 0.3) is 0 Å². The van der Waals surface area contributed by atoms with Crippen LogP contribution in [-0.2, 0) is 12.8 Å². The highest BCUT2D eigenvalue weighted by Gasteiger charge is 2.10. The predicted molar refractivity (Wildman–Crippen MR) is 79.0 cm³/mol. The van der Waals surface area contributed by atoms with Crippen LogP contribution in [0.1, 0.15) is 37.6 Å². The number of aromatic nitrogens is 2. The molecule has 20 heavy (non-hydrogen) atoms. The maximum absolute atomic E-state index is 13.1. The molecule has 0 radical (unpaired) electrons. The van der Waals surface area contributed by atoms with Gasteiger partial charge in [-0.3, -0.25) is 4.68 Å². The molecule has 0 fully saturated rings. The topological polar surface area (TPSA) is 43.8 Å². The highest BCUT2D eigenvalue weighted by Crippen LogP contribution is 2.12. The zero-order chi connectivity index (χ0) is 14.5. The summed E-state index contributed by atoms with van der Waals surface area (Å²) in [4.78, 5) is 0. The fourth-order valence-corrected chi connectivity index (χ4v) is 2.23. The monoisotopic (exact) mass is 275 g/mol. The van der Waals surface area contributed by atoms with Crippen molar-refractivity contribution in [2.24, 2.45) is 5.73 Å². The van der Waals surface area contributed by atoms with Crippen LogP contribution in [0.15, 0.2) is 36.5 Å². The SMILES string of the molecule is CCC(C)n1ccc(CC(N)Cc2cccc(F)c2)n1. The van der Waals surface area contributed by atoms with E-state index in [1.165, 1.54) is 12.1 Å². The van der Waals surface area contributed by atoms with Crippen LogP contribution in [0.3, 0.4) is 0 Å². The molecule has 0 aliphatic carbocycles. The molecule has 1 aromatic heterocycles. The second kappa shape index (κ2) is 6.66. The van der Waals surface area contributed by atoms with Gasteiger partial charge in [-0.2, -0.15) is 5.10 Å². The maximum Gasteiger partial charge on any atom is 0.123 e. The van der Waals surface area contributed by atoms with Crippen LogP contribution >= 0.6 is 0 Å². The van der Waals surface area contributed by atoms with E-state index in [0.717, 1.165) is 17.7 Å². The first kappa shape index (κ1) is 14.7. The Balaban J connectivity index is 1.94. The summed E-state index contributed by atoms with van der Waals surface area (Å²) in [5, 5.41) is 4.54. The standard InChI is InChI=1S/C16H22FN3/c1-3-12(2)20-8-7-16(19-20)11-15(18)10-13-5-4-6-14(17)9-13/h4-9,12,15H,3,10-11,18H2,1-2H3. The van der Waals surface area contributed by atoms with E-state index in [-0.39, 0.29) is 11.9 Å². The second-order valence-corrected chi connectivity index (χ2v) is 5.34. The van der Waals surface area contributed by atoms with Crippen LogP contribution < -0.4 is 5.73 Å². The lowest BCUT2D eigenvalue weighted by molar-refractivity contribution is 0.471. The normalized spacial score (nSPS) is 14.2. The highest BCUT2D eigenvalue weighted by atomic mass is 19.1. The number of rotatable bonds is 6. The van der Waals surface area contributed by atoms with Crippen LogP contribution in [-0.4, -0.2) is 15.8 Å². The van der Waals surface area contributed by atoms with Crippen molar-refractivity contribution < 1.29 is 4.39 Å². The van der Waals surface area contributed by atoms with E-state index in [9.17, 15) is 4.39 Å². The predicted octanol–water partition coefficient (Wildman–Crippen LogP) is 3.11. The van der Waals surface area contributed by atoms with Crippen LogP contribution in [0.2, 0.25) is 0 Å². The summed E-state index contributed by atoms with van der Waals surface area (Å²) in [7, 11) is 0. The molecule has 4 heteroatoms. The first-order valence-corrected chi connectivity index (χ1v) is 7.12. The first-order chi connectivity index (χ1) is 9.58. The zero-order valence-electron chi connectivity index (χ0n) is 12.1. The molecule has 2 atom stereocenters. The highest BCUT2D eigenvalue weighted by molar-refractivity contribution is 5.18. The van der Waals surface area contributed by atoms with Gasteiger partial charge in [0.15, 0.2) is 0 Å². The number of hydrogen-bond acceptors (Lipinski definition) is 2. The molecule has 0 amide bonds. The van der Waals surface area contributed by atoms with Gasteiger partial charge in [0.1, 0.15) is 5.82 Å². The van der Waals surface area contributed by atoms with Gasteiger partial charge in [-0.05, 0) is 43.5 Å². The van der Waals surface area contributed by atoms with Gasteiger partial charge < -0.3 is 5.73 Å². The fourth-order valence-electron chi connectivity index (χ4n) is 2.23. The van der Waals surface area contributed by atoms with E-state index < -0.39 is 0 Å². The van der Waals surface area contributed by atoms with Crippen molar-refractivity contribution >= 4 is 0 Å². The van der Waals surface area contributed by atoms with E-state index in [0.29, 0.717) is 18.9 Å². The molecule has 3 nitrogen and oxygen atoms in total. The average Bonchev–Trinajstić information content (AvgIpc) is 2.86. The van der Waals surface area contributed by atoms with Crippen LogP contribution in [0.5, 0.6) is 0 Å². The minimum atomic E-state index is -0.212. The molecule has 2 N–H and O–H groups in total. The molecule has 1 aromatic carbocycles. The molecule has 0 spiro atoms. The summed E-state index contributed by atoms with van der Waals surface area (Å²) in [6.45, 7) is 4.28. The third kappa shape index (κ3) is 3.90. The number of nitrogens with zero attached hydrogens (tertiary/aromatic N) is 2. The number of nitrogens with two attached hydrogens (primary N) is 1. The molecule has 0 saturated heterocycles. The smallest absolute Gasteiger partial charge is 0.123 e. The summed E-state index contributed by atoms with van der Waals surface area (Å²) in [5.41, 5.74) is 8.06. The third-order valence-corrected chi connectivity index (χ3v) is 3.56. The summed E-state index contributed by atoms with van der Waals surface area (Å²) in [5.74, 6) is -0.212. The quantitative estimate of drug-likeness (QED) is 0.880. The van der Waals surface area contributed by atoms with E-state index >= 15 is 0 Å². The lowest BCUT2D eigenvalue weighted by atomic mass is 10.0. The molecule has 0 bridgehead atoms. The van der Waals surface area contributed by atoms with Gasteiger partial charge in [0, 0.05) is 24.7 Å². The summed E-state index contributed by atoms with van der Waals surface area (Å²) in [6, 6.07) is 8.98. The lowest BCUT2D eigenvalue weighted by Crippen LogP contribution is -2.26. The van der Waals surface area contributed by atoms with Crippen molar-refractivity contribution in [3.63, 3.8) is 0 Å². The Kier molecular flexibility index (Phi) is 4.90. The molecule has 2 unspecified atom stereocenters. The third-order valence-electron chi connectivity index (χ3n) is 3.56. The molecular weight excluding hydrogens is 253 g/mol. The van der Waals surface area contributed by atoms with Crippen molar-refractivity contribution in [1.29, 1.82) is 0 Å². The van der Waals surface area contributed by atoms with Crippen molar-refractivity contribution in [3.05, 3.63) is 53.6 Å². The largest absolute Gasteiger partial charge is 0.327 e. The van der Waals surface area contributed by atoms with Crippen LogP contribution in [0, 0.1) is 5.82 Å². The maximum atomic E-state index is 13.1. The number of halogens is 1. The van der Waals surface area contributed by atoms with E-state index in [4.69, 9.17) is 5.73 Å². The van der Waals surface area contributed by atoms with Gasteiger partial charge in [-0.15, -0.1) is 0 Å². The number of benzene rings is 1. The Labute approximate surface area is 119 Å². The molecule has 0 saturated carbocycles. The zero-order valence-corrected chi connectivity index (χ0v) is 12.1. The Morgan fingerprint density at radius 1 is 1.30 bits per heavy atom. The van der Waals surface area contributed by atoms with Crippen molar-refractivity contribution in [1.82, 2.24) is 9.78 Å². The Bertz CT molecular complexity index is 550. The molecule has 108 valence electrons. The molecule has 2 aromatic rings. The van der Waals surface area contributed by atoms with Crippen molar-refractivity contribution in [2.75, 3.05) is 0 Å². The summed E-state index contributed by atoms with van der Waals surface area (Å²) < 4.78 is 15.1.